The highest BCUT2D eigenvalue weighted by molar-refractivity contribution is 5.96. The average Bonchev–Trinajstić information content (AvgIpc) is 3.06. The zero-order valence-corrected chi connectivity index (χ0v) is 10.0. The van der Waals surface area contributed by atoms with Gasteiger partial charge in [0.25, 0.3) is 11.6 Å². The molecule has 0 aromatic carbocycles. The highest BCUT2D eigenvalue weighted by Gasteiger charge is 2.11. The van der Waals surface area contributed by atoms with Crippen molar-refractivity contribution in [2.24, 2.45) is 0 Å². The summed E-state index contributed by atoms with van der Waals surface area (Å²) in [5.74, 6) is 0.343. The number of carbonyl (C=O) groups excluding carboxylic acids is 1. The quantitative estimate of drug-likeness (QED) is 0.711. The van der Waals surface area contributed by atoms with Crippen LogP contribution in [-0.2, 0) is 6.54 Å². The molecule has 8 heteroatoms. The van der Waals surface area contributed by atoms with Crippen LogP contribution in [0, 0.1) is 6.92 Å². The number of nitrogens with one attached hydrogen (secondary N) is 2. The SMILES string of the molecule is Cc1noc2ncc(C(=O)NCc3ncn[nH]3)cc12. The summed E-state index contributed by atoms with van der Waals surface area (Å²) < 4.78 is 4.99. The molecule has 1 amide bonds. The Balaban J connectivity index is 1.79. The van der Waals surface area contributed by atoms with E-state index in [1.165, 1.54) is 12.5 Å². The van der Waals surface area contributed by atoms with E-state index in [2.05, 4.69) is 30.6 Å². The first-order valence-corrected chi connectivity index (χ1v) is 5.58. The van der Waals surface area contributed by atoms with Crippen molar-refractivity contribution in [3.05, 3.63) is 35.7 Å². The second-order valence-electron chi connectivity index (χ2n) is 3.96. The Labute approximate surface area is 107 Å². The lowest BCUT2D eigenvalue weighted by molar-refractivity contribution is 0.0949. The molecule has 0 spiro atoms. The minimum absolute atomic E-state index is 0.244. The first-order valence-electron chi connectivity index (χ1n) is 5.58. The second-order valence-corrected chi connectivity index (χ2v) is 3.96. The van der Waals surface area contributed by atoms with E-state index in [1.807, 2.05) is 0 Å². The Kier molecular flexibility index (Phi) is 2.67. The van der Waals surface area contributed by atoms with Crippen molar-refractivity contribution in [3.63, 3.8) is 0 Å². The highest BCUT2D eigenvalue weighted by atomic mass is 16.5. The number of nitrogens with zero attached hydrogens (tertiary/aromatic N) is 4. The molecule has 2 N–H and O–H groups in total. The molecule has 0 atom stereocenters. The predicted molar refractivity (Wildman–Crippen MR) is 64.1 cm³/mol. The van der Waals surface area contributed by atoms with Crippen molar-refractivity contribution in [2.75, 3.05) is 0 Å². The van der Waals surface area contributed by atoms with Crippen LogP contribution in [-0.4, -0.2) is 31.2 Å². The van der Waals surface area contributed by atoms with Crippen molar-refractivity contribution in [3.8, 4) is 0 Å². The molecule has 0 saturated heterocycles. The van der Waals surface area contributed by atoms with Crippen molar-refractivity contribution < 1.29 is 9.32 Å². The predicted octanol–water partition coefficient (Wildman–Crippen LogP) is 0.579. The molecule has 3 aromatic heterocycles. The van der Waals surface area contributed by atoms with Gasteiger partial charge in [-0.3, -0.25) is 9.89 Å². The van der Waals surface area contributed by atoms with Gasteiger partial charge in [-0.15, -0.1) is 0 Å². The van der Waals surface area contributed by atoms with Crippen LogP contribution >= 0.6 is 0 Å². The molecule has 0 saturated carbocycles. The molecule has 3 rings (SSSR count). The number of carbonyl (C=O) groups is 1. The van der Waals surface area contributed by atoms with E-state index in [9.17, 15) is 4.79 Å². The standard InChI is InChI=1S/C11H10N6O2/c1-6-8-2-7(3-13-11(8)19-17-6)10(18)12-4-9-14-5-15-16-9/h2-3,5H,4H2,1H3,(H,12,18)(H,14,15,16). The largest absolute Gasteiger partial charge is 0.345 e. The maximum atomic E-state index is 12.0. The highest BCUT2D eigenvalue weighted by Crippen LogP contribution is 2.16. The Morgan fingerprint density at radius 3 is 3.16 bits per heavy atom. The third-order valence-corrected chi connectivity index (χ3v) is 2.65. The van der Waals surface area contributed by atoms with Crippen molar-refractivity contribution in [1.82, 2.24) is 30.6 Å². The number of fused-ring (bicyclic) bond motifs is 1. The molecular weight excluding hydrogens is 248 g/mol. The Bertz CT molecular complexity index is 718. The van der Waals surface area contributed by atoms with Crippen LogP contribution in [0.15, 0.2) is 23.1 Å². The molecule has 0 fully saturated rings. The zero-order valence-electron chi connectivity index (χ0n) is 10.0. The fourth-order valence-corrected chi connectivity index (χ4v) is 1.65. The van der Waals surface area contributed by atoms with Gasteiger partial charge in [0.05, 0.1) is 23.2 Å². The normalized spacial score (nSPS) is 10.8. The van der Waals surface area contributed by atoms with Crippen LogP contribution in [0.3, 0.4) is 0 Å². The van der Waals surface area contributed by atoms with E-state index in [0.29, 0.717) is 22.8 Å². The second kappa shape index (κ2) is 4.48. The van der Waals surface area contributed by atoms with Crippen LogP contribution in [0.4, 0.5) is 0 Å². The zero-order chi connectivity index (χ0) is 13.2. The summed E-state index contributed by atoms with van der Waals surface area (Å²) in [5.41, 5.74) is 1.56. The molecule has 0 aliphatic heterocycles. The summed E-state index contributed by atoms with van der Waals surface area (Å²) >= 11 is 0. The molecule has 3 aromatic rings. The number of rotatable bonds is 3. The van der Waals surface area contributed by atoms with Crippen LogP contribution in [0.25, 0.3) is 11.1 Å². The Hall–Kier alpha value is -2.77. The van der Waals surface area contributed by atoms with Gasteiger partial charge < -0.3 is 9.84 Å². The number of aryl methyl sites for hydroxylation is 1. The lowest BCUT2D eigenvalue weighted by atomic mass is 10.2. The van der Waals surface area contributed by atoms with Crippen LogP contribution < -0.4 is 5.32 Å². The maximum Gasteiger partial charge on any atom is 0.257 e. The van der Waals surface area contributed by atoms with Gasteiger partial charge in [-0.25, -0.2) is 9.97 Å². The van der Waals surface area contributed by atoms with E-state index >= 15 is 0 Å². The van der Waals surface area contributed by atoms with Gasteiger partial charge in [0.2, 0.25) is 0 Å². The summed E-state index contributed by atoms with van der Waals surface area (Å²) in [6.45, 7) is 2.07. The molecule has 0 radical (unpaired) electrons. The van der Waals surface area contributed by atoms with Gasteiger partial charge in [0.15, 0.2) is 0 Å². The fraction of sp³-hybridized carbons (Fsp3) is 0.182. The summed E-state index contributed by atoms with van der Waals surface area (Å²) in [5, 5.41) is 13.6. The third kappa shape index (κ3) is 2.15. The number of hydrogen-bond donors (Lipinski definition) is 2. The lowest BCUT2D eigenvalue weighted by Gasteiger charge is -2.02. The smallest absolute Gasteiger partial charge is 0.257 e. The number of pyridine rings is 1. The van der Waals surface area contributed by atoms with Gasteiger partial charge in [0.1, 0.15) is 12.2 Å². The summed E-state index contributed by atoms with van der Waals surface area (Å²) in [4.78, 5) is 19.9. The minimum atomic E-state index is -0.244. The van der Waals surface area contributed by atoms with Crippen molar-refractivity contribution in [2.45, 2.75) is 13.5 Å². The number of hydrogen-bond acceptors (Lipinski definition) is 6. The number of aromatic nitrogens is 5. The van der Waals surface area contributed by atoms with Crippen LogP contribution in [0.5, 0.6) is 0 Å². The summed E-state index contributed by atoms with van der Waals surface area (Å²) in [7, 11) is 0. The number of amides is 1. The van der Waals surface area contributed by atoms with Crippen molar-refractivity contribution >= 4 is 17.0 Å². The first-order chi connectivity index (χ1) is 9.24. The number of H-pyrrole nitrogens is 1. The fourth-order valence-electron chi connectivity index (χ4n) is 1.65. The third-order valence-electron chi connectivity index (χ3n) is 2.65. The lowest BCUT2D eigenvalue weighted by Crippen LogP contribution is -2.23. The molecule has 0 bridgehead atoms. The van der Waals surface area contributed by atoms with Gasteiger partial charge in [-0.1, -0.05) is 5.16 Å². The van der Waals surface area contributed by atoms with Gasteiger partial charge in [0, 0.05) is 6.20 Å². The van der Waals surface area contributed by atoms with Gasteiger partial charge in [-0.2, -0.15) is 5.10 Å². The Morgan fingerprint density at radius 1 is 1.47 bits per heavy atom. The van der Waals surface area contributed by atoms with E-state index in [4.69, 9.17) is 4.52 Å². The monoisotopic (exact) mass is 258 g/mol. The molecule has 96 valence electrons. The molecule has 8 nitrogen and oxygen atoms in total. The van der Waals surface area contributed by atoms with Gasteiger partial charge >= 0.3 is 0 Å². The average molecular weight is 258 g/mol. The van der Waals surface area contributed by atoms with Gasteiger partial charge in [-0.05, 0) is 13.0 Å². The van der Waals surface area contributed by atoms with E-state index in [-0.39, 0.29) is 12.5 Å². The molecule has 0 aliphatic carbocycles. The molecular formula is C11H10N6O2. The van der Waals surface area contributed by atoms with E-state index in [0.717, 1.165) is 5.39 Å². The molecule has 3 heterocycles. The Morgan fingerprint density at radius 2 is 2.37 bits per heavy atom. The summed E-state index contributed by atoms with van der Waals surface area (Å²) in [6.07, 6.45) is 2.83. The topological polar surface area (TPSA) is 110 Å². The van der Waals surface area contributed by atoms with Crippen molar-refractivity contribution in [1.29, 1.82) is 0 Å². The van der Waals surface area contributed by atoms with E-state index in [1.54, 1.807) is 13.0 Å². The number of aromatic amines is 1. The first kappa shape index (κ1) is 11.3. The minimum Gasteiger partial charge on any atom is -0.345 e. The molecule has 0 unspecified atom stereocenters. The molecule has 19 heavy (non-hydrogen) atoms. The van der Waals surface area contributed by atoms with Crippen LogP contribution in [0.1, 0.15) is 21.9 Å². The molecule has 0 aliphatic rings. The maximum absolute atomic E-state index is 12.0. The van der Waals surface area contributed by atoms with E-state index < -0.39 is 0 Å². The van der Waals surface area contributed by atoms with Crippen LogP contribution in [0.2, 0.25) is 0 Å². The summed E-state index contributed by atoms with van der Waals surface area (Å²) in [6, 6.07) is 1.70.